The van der Waals surface area contributed by atoms with Gasteiger partial charge in [-0.1, -0.05) is 25.2 Å². The lowest BCUT2D eigenvalue weighted by atomic mass is 10.3. The van der Waals surface area contributed by atoms with E-state index in [2.05, 4.69) is 0 Å². The first-order chi connectivity index (χ1) is 7.89. The zero-order chi connectivity index (χ0) is 13.1. The van der Waals surface area contributed by atoms with Gasteiger partial charge in [-0.3, -0.25) is 0 Å². The summed E-state index contributed by atoms with van der Waals surface area (Å²) in [6.07, 6.45) is 0.395. The highest BCUT2D eigenvalue weighted by molar-refractivity contribution is 7.92. The van der Waals surface area contributed by atoms with Gasteiger partial charge in [-0.15, -0.1) is 11.3 Å². The van der Waals surface area contributed by atoms with Crippen LogP contribution in [0.1, 0.15) is 18.2 Å². The van der Waals surface area contributed by atoms with Gasteiger partial charge in [0.25, 0.3) is 0 Å². The van der Waals surface area contributed by atoms with Crippen LogP contribution < -0.4 is 5.73 Å². The van der Waals surface area contributed by atoms with Gasteiger partial charge >= 0.3 is 0 Å². The van der Waals surface area contributed by atoms with Gasteiger partial charge in [-0.05, 0) is 17.9 Å². The van der Waals surface area contributed by atoms with E-state index >= 15 is 0 Å². The van der Waals surface area contributed by atoms with Crippen LogP contribution in [0.4, 0.5) is 0 Å². The van der Waals surface area contributed by atoms with E-state index in [1.165, 1.54) is 15.6 Å². The molecular weight excluding hydrogens is 276 g/mol. The Kier molecular flexibility index (Phi) is 5.05. The molecule has 1 rings (SSSR count). The van der Waals surface area contributed by atoms with Gasteiger partial charge in [0.2, 0.25) is 10.0 Å². The van der Waals surface area contributed by atoms with Crippen molar-refractivity contribution in [3.63, 3.8) is 0 Å². The van der Waals surface area contributed by atoms with Gasteiger partial charge in [-0.25, -0.2) is 8.42 Å². The third kappa shape index (κ3) is 3.48. The standard InChI is InChI=1S/C10H16N2O2S3/c1-3-9(10(11)15)17(13,14)12(2)7-8-5-4-6-16-8/h4-6,9H,3,7H2,1-2H3,(H2,11,15). The minimum Gasteiger partial charge on any atom is -0.392 e. The zero-order valence-corrected chi connectivity index (χ0v) is 12.2. The molecule has 0 aromatic carbocycles. The summed E-state index contributed by atoms with van der Waals surface area (Å²) in [5.74, 6) is 0. The van der Waals surface area contributed by atoms with E-state index in [1.54, 1.807) is 14.0 Å². The summed E-state index contributed by atoms with van der Waals surface area (Å²) in [6, 6.07) is 3.80. The molecule has 2 N–H and O–H groups in total. The van der Waals surface area contributed by atoms with E-state index in [0.29, 0.717) is 13.0 Å². The first-order valence-electron chi connectivity index (χ1n) is 5.16. The number of nitrogens with zero attached hydrogens (tertiary/aromatic N) is 1. The summed E-state index contributed by atoms with van der Waals surface area (Å²) < 4.78 is 25.7. The molecular formula is C10H16N2O2S3. The summed E-state index contributed by atoms with van der Waals surface area (Å²) >= 11 is 6.33. The Hall–Kier alpha value is -0.500. The SMILES string of the molecule is CCC(C(N)=S)S(=O)(=O)N(C)Cc1cccs1. The molecule has 1 atom stereocenters. The molecule has 0 saturated carbocycles. The molecule has 7 heteroatoms. The fourth-order valence-electron chi connectivity index (χ4n) is 1.49. The Bertz CT molecular complexity index is 468. The van der Waals surface area contributed by atoms with Crippen molar-refractivity contribution in [3.8, 4) is 0 Å². The van der Waals surface area contributed by atoms with E-state index in [9.17, 15) is 8.42 Å². The van der Waals surface area contributed by atoms with E-state index in [1.807, 2.05) is 17.5 Å². The molecule has 0 bridgehead atoms. The van der Waals surface area contributed by atoms with Crippen molar-refractivity contribution in [3.05, 3.63) is 22.4 Å². The Morgan fingerprint density at radius 1 is 1.65 bits per heavy atom. The molecule has 0 aliphatic rings. The van der Waals surface area contributed by atoms with Crippen LogP contribution in [0.25, 0.3) is 0 Å². The van der Waals surface area contributed by atoms with Crippen LogP contribution in [0, 0.1) is 0 Å². The Labute approximate surface area is 111 Å². The van der Waals surface area contributed by atoms with Crippen LogP contribution in [0.3, 0.4) is 0 Å². The first-order valence-corrected chi connectivity index (χ1v) is 7.95. The molecule has 0 amide bonds. The number of thiocarbonyl (C=S) groups is 1. The fraction of sp³-hybridized carbons (Fsp3) is 0.500. The van der Waals surface area contributed by atoms with Crippen molar-refractivity contribution in [2.75, 3.05) is 7.05 Å². The molecule has 0 saturated heterocycles. The minimum absolute atomic E-state index is 0.0329. The van der Waals surface area contributed by atoms with Crippen molar-refractivity contribution >= 4 is 38.6 Å². The number of thiophene rings is 1. The second kappa shape index (κ2) is 5.90. The molecule has 1 heterocycles. The average Bonchev–Trinajstić information content (AvgIpc) is 2.70. The zero-order valence-electron chi connectivity index (χ0n) is 9.79. The number of rotatable bonds is 6. The molecule has 1 aromatic rings. The van der Waals surface area contributed by atoms with Crippen LogP contribution in [-0.2, 0) is 16.6 Å². The smallest absolute Gasteiger partial charge is 0.223 e. The monoisotopic (exact) mass is 292 g/mol. The van der Waals surface area contributed by atoms with Crippen LogP contribution >= 0.6 is 23.6 Å². The number of hydrogen-bond donors (Lipinski definition) is 1. The van der Waals surface area contributed by atoms with E-state index in [-0.39, 0.29) is 4.99 Å². The molecule has 0 spiro atoms. The highest BCUT2D eigenvalue weighted by atomic mass is 32.2. The van der Waals surface area contributed by atoms with Crippen LogP contribution in [0.2, 0.25) is 0 Å². The maximum absolute atomic E-state index is 12.2. The molecule has 0 aliphatic heterocycles. The lowest BCUT2D eigenvalue weighted by molar-refractivity contribution is 0.464. The molecule has 0 aliphatic carbocycles. The average molecular weight is 292 g/mol. The second-order valence-corrected chi connectivity index (χ2v) is 7.41. The Morgan fingerprint density at radius 2 is 2.29 bits per heavy atom. The maximum atomic E-state index is 12.2. The van der Waals surface area contributed by atoms with Crippen molar-refractivity contribution in [2.45, 2.75) is 25.1 Å². The fourth-order valence-corrected chi connectivity index (χ4v) is 4.33. The van der Waals surface area contributed by atoms with E-state index in [0.717, 1.165) is 4.88 Å². The van der Waals surface area contributed by atoms with Crippen molar-refractivity contribution in [1.29, 1.82) is 0 Å². The first kappa shape index (κ1) is 14.6. The largest absolute Gasteiger partial charge is 0.392 e. The Balaban J connectivity index is 2.86. The third-order valence-corrected chi connectivity index (χ3v) is 6.04. The molecule has 17 heavy (non-hydrogen) atoms. The molecule has 1 unspecified atom stereocenters. The minimum atomic E-state index is -3.45. The van der Waals surface area contributed by atoms with Crippen LogP contribution in [0.15, 0.2) is 17.5 Å². The maximum Gasteiger partial charge on any atom is 0.223 e. The predicted molar refractivity (Wildman–Crippen MR) is 75.6 cm³/mol. The number of nitrogens with two attached hydrogens (primary N) is 1. The van der Waals surface area contributed by atoms with Gasteiger partial charge in [-0.2, -0.15) is 4.31 Å². The summed E-state index contributed by atoms with van der Waals surface area (Å²) in [6.45, 7) is 2.12. The van der Waals surface area contributed by atoms with Crippen molar-refractivity contribution in [1.82, 2.24) is 4.31 Å². The lowest BCUT2D eigenvalue weighted by Gasteiger charge is -2.22. The van der Waals surface area contributed by atoms with E-state index < -0.39 is 15.3 Å². The van der Waals surface area contributed by atoms with Gasteiger partial charge in [0, 0.05) is 18.5 Å². The predicted octanol–water partition coefficient (Wildman–Crippen LogP) is 1.57. The summed E-state index contributed by atoms with van der Waals surface area (Å²) in [5, 5.41) is 1.14. The summed E-state index contributed by atoms with van der Waals surface area (Å²) in [7, 11) is -1.90. The van der Waals surface area contributed by atoms with Gasteiger partial charge in [0.1, 0.15) is 5.25 Å². The second-order valence-electron chi connectivity index (χ2n) is 3.68. The normalized spacial score (nSPS) is 13.8. The van der Waals surface area contributed by atoms with Crippen molar-refractivity contribution < 1.29 is 8.42 Å². The Morgan fingerprint density at radius 3 is 2.71 bits per heavy atom. The van der Waals surface area contributed by atoms with E-state index in [4.69, 9.17) is 18.0 Å². The van der Waals surface area contributed by atoms with Gasteiger partial charge in [0.05, 0.1) is 4.99 Å². The highest BCUT2D eigenvalue weighted by Crippen LogP contribution is 2.17. The highest BCUT2D eigenvalue weighted by Gasteiger charge is 2.30. The van der Waals surface area contributed by atoms with Crippen LogP contribution in [-0.4, -0.2) is 30.0 Å². The molecule has 96 valence electrons. The third-order valence-electron chi connectivity index (χ3n) is 2.44. The lowest BCUT2D eigenvalue weighted by Crippen LogP contribution is -2.42. The summed E-state index contributed by atoms with van der Waals surface area (Å²) in [5.41, 5.74) is 5.47. The number of hydrogen-bond acceptors (Lipinski definition) is 4. The molecule has 4 nitrogen and oxygen atoms in total. The molecule has 1 aromatic heterocycles. The number of sulfonamides is 1. The van der Waals surface area contributed by atoms with Crippen LogP contribution in [0.5, 0.6) is 0 Å². The van der Waals surface area contributed by atoms with Crippen molar-refractivity contribution in [2.24, 2.45) is 5.73 Å². The molecule has 0 radical (unpaired) electrons. The topological polar surface area (TPSA) is 63.4 Å². The summed E-state index contributed by atoms with van der Waals surface area (Å²) in [4.78, 5) is 1.03. The van der Waals surface area contributed by atoms with Gasteiger partial charge < -0.3 is 5.73 Å². The quantitative estimate of drug-likeness (QED) is 0.809. The molecule has 0 fully saturated rings. The van der Waals surface area contributed by atoms with Gasteiger partial charge in [0.15, 0.2) is 0 Å².